The molecule has 0 aliphatic rings. The smallest absolute Gasteiger partial charge is 0.258 e. The van der Waals surface area contributed by atoms with Crippen LogP contribution < -0.4 is 5.32 Å². The fraction of sp³-hybridized carbons (Fsp3) is 0. The predicted molar refractivity (Wildman–Crippen MR) is 61.4 cm³/mol. The number of amides is 1. The van der Waals surface area contributed by atoms with Gasteiger partial charge in [-0.2, -0.15) is 0 Å². The van der Waals surface area contributed by atoms with Gasteiger partial charge in [-0.25, -0.2) is 14.4 Å². The van der Waals surface area contributed by atoms with E-state index in [0.717, 1.165) is 0 Å². The number of carbonyl (C=O) groups excluding carboxylic acids is 1. The fourth-order valence-corrected chi connectivity index (χ4v) is 1.31. The van der Waals surface area contributed by atoms with Crippen molar-refractivity contribution in [3.63, 3.8) is 0 Å². The number of nitrogens with zero attached hydrogens (tertiary/aromatic N) is 2. The van der Waals surface area contributed by atoms with E-state index in [4.69, 9.17) is 11.6 Å². The Balaban J connectivity index is 2.14. The molecule has 4 nitrogen and oxygen atoms in total. The molecule has 1 N–H and O–H groups in total. The molecule has 0 aliphatic heterocycles. The summed E-state index contributed by atoms with van der Waals surface area (Å²) in [5, 5.41) is 2.68. The molecule has 0 unspecified atom stereocenters. The molecule has 0 saturated heterocycles. The van der Waals surface area contributed by atoms with E-state index in [-0.39, 0.29) is 11.1 Å². The van der Waals surface area contributed by atoms with Gasteiger partial charge in [0.1, 0.15) is 11.0 Å². The summed E-state index contributed by atoms with van der Waals surface area (Å²) >= 11 is 5.64. The summed E-state index contributed by atoms with van der Waals surface area (Å²) in [7, 11) is 0. The molecule has 0 fully saturated rings. The monoisotopic (exact) mass is 251 g/mol. The Hall–Kier alpha value is -2.01. The number of hydrogen-bond acceptors (Lipinski definition) is 3. The molecule has 2 aromatic rings. The van der Waals surface area contributed by atoms with Gasteiger partial charge < -0.3 is 0 Å². The lowest BCUT2D eigenvalue weighted by Crippen LogP contribution is -2.14. The predicted octanol–water partition coefficient (Wildman–Crippen LogP) is 2.52. The zero-order valence-electron chi connectivity index (χ0n) is 8.52. The zero-order valence-corrected chi connectivity index (χ0v) is 9.28. The van der Waals surface area contributed by atoms with Crippen LogP contribution in [0.1, 0.15) is 10.4 Å². The van der Waals surface area contributed by atoms with Crippen molar-refractivity contribution in [2.75, 3.05) is 5.32 Å². The lowest BCUT2D eigenvalue weighted by molar-refractivity contribution is 0.102. The number of nitrogens with one attached hydrogen (secondary N) is 1. The Morgan fingerprint density at radius 1 is 1.24 bits per heavy atom. The van der Waals surface area contributed by atoms with Crippen LogP contribution >= 0.6 is 11.6 Å². The van der Waals surface area contributed by atoms with Crippen LogP contribution in [-0.4, -0.2) is 15.9 Å². The first-order valence-corrected chi connectivity index (χ1v) is 5.08. The lowest BCUT2D eigenvalue weighted by atomic mass is 10.2. The summed E-state index contributed by atoms with van der Waals surface area (Å²) in [6, 6.07) is 6.64. The average Bonchev–Trinajstić information content (AvgIpc) is 2.29. The van der Waals surface area contributed by atoms with Crippen LogP contribution in [-0.2, 0) is 0 Å². The van der Waals surface area contributed by atoms with Gasteiger partial charge in [0.2, 0.25) is 5.95 Å². The number of anilines is 1. The molecule has 1 aromatic heterocycles. The van der Waals surface area contributed by atoms with Crippen LogP contribution in [0.4, 0.5) is 10.3 Å². The van der Waals surface area contributed by atoms with Gasteiger partial charge in [0.05, 0.1) is 0 Å². The van der Waals surface area contributed by atoms with E-state index in [2.05, 4.69) is 15.3 Å². The van der Waals surface area contributed by atoms with E-state index in [9.17, 15) is 9.18 Å². The largest absolute Gasteiger partial charge is 0.290 e. The second-order valence-electron chi connectivity index (χ2n) is 3.16. The molecule has 6 heteroatoms. The van der Waals surface area contributed by atoms with E-state index in [1.54, 1.807) is 0 Å². The summed E-state index contributed by atoms with van der Waals surface area (Å²) < 4.78 is 12.7. The van der Waals surface area contributed by atoms with Gasteiger partial charge >= 0.3 is 0 Å². The van der Waals surface area contributed by atoms with E-state index in [1.165, 1.54) is 36.5 Å². The topological polar surface area (TPSA) is 54.9 Å². The number of benzene rings is 1. The number of carbonyl (C=O) groups is 1. The molecule has 1 heterocycles. The van der Waals surface area contributed by atoms with E-state index < -0.39 is 11.7 Å². The van der Waals surface area contributed by atoms with Crippen molar-refractivity contribution in [2.24, 2.45) is 0 Å². The van der Waals surface area contributed by atoms with Crippen molar-refractivity contribution in [3.05, 3.63) is 53.1 Å². The Labute approximate surface area is 101 Å². The highest BCUT2D eigenvalue weighted by molar-refractivity contribution is 6.29. The molecule has 17 heavy (non-hydrogen) atoms. The fourth-order valence-electron chi connectivity index (χ4n) is 1.17. The average molecular weight is 252 g/mol. The maximum atomic E-state index is 12.7. The highest BCUT2D eigenvalue weighted by atomic mass is 35.5. The van der Waals surface area contributed by atoms with Gasteiger partial charge in [-0.05, 0) is 30.3 Å². The third-order valence-electron chi connectivity index (χ3n) is 1.95. The van der Waals surface area contributed by atoms with Crippen molar-refractivity contribution in [3.8, 4) is 0 Å². The van der Waals surface area contributed by atoms with E-state index >= 15 is 0 Å². The molecular weight excluding hydrogens is 245 g/mol. The quantitative estimate of drug-likeness (QED) is 0.835. The van der Waals surface area contributed by atoms with Crippen LogP contribution in [0.15, 0.2) is 36.5 Å². The minimum absolute atomic E-state index is 0.104. The molecule has 1 amide bonds. The van der Waals surface area contributed by atoms with Crippen LogP contribution in [0.5, 0.6) is 0 Å². The highest BCUT2D eigenvalue weighted by Crippen LogP contribution is 2.08. The van der Waals surface area contributed by atoms with Gasteiger partial charge in [0.15, 0.2) is 0 Å². The number of halogens is 2. The van der Waals surface area contributed by atoms with E-state index in [0.29, 0.717) is 5.56 Å². The second kappa shape index (κ2) is 4.88. The molecule has 0 bridgehead atoms. The normalized spacial score (nSPS) is 10.0. The van der Waals surface area contributed by atoms with Gasteiger partial charge in [-0.15, -0.1) is 0 Å². The number of rotatable bonds is 2. The maximum absolute atomic E-state index is 12.7. The molecule has 0 aliphatic carbocycles. The zero-order chi connectivity index (χ0) is 12.3. The Bertz CT molecular complexity index is 545. The maximum Gasteiger partial charge on any atom is 0.258 e. The molecule has 0 radical (unpaired) electrons. The third kappa shape index (κ3) is 2.98. The third-order valence-corrected chi connectivity index (χ3v) is 2.16. The first-order chi connectivity index (χ1) is 8.15. The Morgan fingerprint density at radius 2 is 1.94 bits per heavy atom. The van der Waals surface area contributed by atoms with Crippen molar-refractivity contribution < 1.29 is 9.18 Å². The molecule has 86 valence electrons. The van der Waals surface area contributed by atoms with Crippen molar-refractivity contribution in [1.82, 2.24) is 9.97 Å². The van der Waals surface area contributed by atoms with Crippen LogP contribution in [0.2, 0.25) is 5.15 Å². The summed E-state index contributed by atoms with van der Waals surface area (Å²) in [6.45, 7) is 0. The first-order valence-electron chi connectivity index (χ1n) is 4.70. The summed E-state index contributed by atoms with van der Waals surface area (Å²) in [5.41, 5.74) is 0.315. The van der Waals surface area contributed by atoms with Crippen LogP contribution in [0.3, 0.4) is 0 Å². The number of hydrogen-bond donors (Lipinski definition) is 1. The summed E-state index contributed by atoms with van der Waals surface area (Å²) in [6.07, 6.45) is 1.43. The number of aromatic nitrogens is 2. The Morgan fingerprint density at radius 3 is 2.59 bits per heavy atom. The van der Waals surface area contributed by atoms with Crippen LogP contribution in [0.25, 0.3) is 0 Å². The van der Waals surface area contributed by atoms with Crippen LogP contribution in [0, 0.1) is 5.82 Å². The molecule has 0 spiro atoms. The minimum atomic E-state index is -0.424. The van der Waals surface area contributed by atoms with E-state index in [1.807, 2.05) is 0 Å². The van der Waals surface area contributed by atoms with Gasteiger partial charge in [0.25, 0.3) is 5.91 Å². The Kier molecular flexibility index (Phi) is 3.30. The van der Waals surface area contributed by atoms with Crippen molar-refractivity contribution in [2.45, 2.75) is 0 Å². The van der Waals surface area contributed by atoms with Crippen molar-refractivity contribution in [1.29, 1.82) is 0 Å². The van der Waals surface area contributed by atoms with Gasteiger partial charge in [-0.1, -0.05) is 11.6 Å². The summed E-state index contributed by atoms with van der Waals surface area (Å²) in [5.74, 6) is -0.723. The first kappa shape index (κ1) is 11.5. The molecule has 2 rings (SSSR count). The molecular formula is C11H7ClFN3O. The summed E-state index contributed by atoms with van der Waals surface area (Å²) in [4.78, 5) is 19.3. The van der Waals surface area contributed by atoms with Crippen molar-refractivity contribution >= 4 is 23.5 Å². The highest BCUT2D eigenvalue weighted by Gasteiger charge is 2.07. The molecule has 1 aromatic carbocycles. The molecule has 0 saturated carbocycles. The SMILES string of the molecule is O=C(Nc1nccc(Cl)n1)c1ccc(F)cc1. The molecule has 0 atom stereocenters. The minimum Gasteiger partial charge on any atom is -0.290 e. The van der Waals surface area contributed by atoms with Gasteiger partial charge in [0, 0.05) is 11.8 Å². The van der Waals surface area contributed by atoms with Gasteiger partial charge in [-0.3, -0.25) is 10.1 Å². The lowest BCUT2D eigenvalue weighted by Gasteiger charge is -2.03. The second-order valence-corrected chi connectivity index (χ2v) is 3.55. The standard InChI is InChI=1S/C11H7ClFN3O/c12-9-5-6-14-11(15-9)16-10(17)7-1-3-8(13)4-2-7/h1-6H,(H,14,15,16,17).